The molecular weight excluding hydrogens is 305 g/mol. The first-order valence-corrected chi connectivity index (χ1v) is 6.39. The van der Waals surface area contributed by atoms with Crippen molar-refractivity contribution in [1.82, 2.24) is 0 Å². The topological polar surface area (TPSA) is 89.6 Å². The summed E-state index contributed by atoms with van der Waals surface area (Å²) in [6.07, 6.45) is 2.25. The van der Waals surface area contributed by atoms with E-state index in [0.29, 0.717) is 10.6 Å². The molecule has 0 saturated heterocycles. The number of halogens is 2. The Balaban J connectivity index is 3.03. The zero-order chi connectivity index (χ0) is 15.3. The van der Waals surface area contributed by atoms with Crippen LogP contribution in [0.1, 0.15) is 12.5 Å². The predicted octanol–water partition coefficient (Wildman–Crippen LogP) is 2.59. The molecule has 0 aliphatic heterocycles. The van der Waals surface area contributed by atoms with Gasteiger partial charge in [-0.1, -0.05) is 30.1 Å². The minimum atomic E-state index is -1.11. The second-order valence-electron chi connectivity index (χ2n) is 4.09. The standard InChI is InChI=1S/C13H13Cl2NO4/c1-7(13(16)19)6-20-12-8(2-3-11(17)18)4-9(14)5-10(12)15/h2-5,7H,6H2,1H3,(H2,16,19)(H,17,18)/b3-2+. The Bertz CT molecular complexity index is 558. The fourth-order valence-corrected chi connectivity index (χ4v) is 1.87. The summed E-state index contributed by atoms with van der Waals surface area (Å²) in [6, 6.07) is 2.97. The van der Waals surface area contributed by atoms with Crippen molar-refractivity contribution in [1.29, 1.82) is 0 Å². The summed E-state index contributed by atoms with van der Waals surface area (Å²) in [5.41, 5.74) is 5.54. The maximum absolute atomic E-state index is 11.0. The molecule has 3 N–H and O–H groups in total. The molecule has 1 aromatic carbocycles. The van der Waals surface area contributed by atoms with Gasteiger partial charge in [0, 0.05) is 16.7 Å². The van der Waals surface area contributed by atoms with Gasteiger partial charge in [-0.15, -0.1) is 0 Å². The molecule has 7 heteroatoms. The van der Waals surface area contributed by atoms with Gasteiger partial charge in [-0.25, -0.2) is 4.79 Å². The lowest BCUT2D eigenvalue weighted by Crippen LogP contribution is -2.26. The highest BCUT2D eigenvalue weighted by Gasteiger charge is 2.14. The highest BCUT2D eigenvalue weighted by molar-refractivity contribution is 6.35. The van der Waals surface area contributed by atoms with E-state index in [9.17, 15) is 9.59 Å². The number of nitrogens with two attached hydrogens (primary N) is 1. The fourth-order valence-electron chi connectivity index (χ4n) is 1.31. The van der Waals surface area contributed by atoms with Crippen LogP contribution in [0.25, 0.3) is 6.08 Å². The fraction of sp³-hybridized carbons (Fsp3) is 0.231. The average molecular weight is 318 g/mol. The molecule has 1 unspecified atom stereocenters. The first-order valence-electron chi connectivity index (χ1n) is 5.63. The summed E-state index contributed by atoms with van der Waals surface area (Å²) < 4.78 is 5.44. The average Bonchev–Trinajstić information content (AvgIpc) is 2.34. The van der Waals surface area contributed by atoms with Crippen molar-refractivity contribution >= 4 is 41.2 Å². The van der Waals surface area contributed by atoms with Crippen LogP contribution >= 0.6 is 23.2 Å². The van der Waals surface area contributed by atoms with E-state index in [1.54, 1.807) is 6.92 Å². The van der Waals surface area contributed by atoms with Gasteiger partial charge < -0.3 is 15.6 Å². The Kier molecular flexibility index (Phi) is 5.85. The van der Waals surface area contributed by atoms with E-state index < -0.39 is 17.8 Å². The summed E-state index contributed by atoms with van der Waals surface area (Å²) in [5, 5.41) is 9.20. The SMILES string of the molecule is CC(COc1c(Cl)cc(Cl)cc1/C=C/C(=O)O)C(N)=O. The van der Waals surface area contributed by atoms with E-state index in [-0.39, 0.29) is 17.4 Å². The van der Waals surface area contributed by atoms with Gasteiger partial charge in [0.05, 0.1) is 17.5 Å². The lowest BCUT2D eigenvalue weighted by molar-refractivity contribution is -0.131. The number of primary amides is 1. The van der Waals surface area contributed by atoms with Crippen molar-refractivity contribution in [2.24, 2.45) is 11.7 Å². The van der Waals surface area contributed by atoms with Crippen molar-refractivity contribution in [3.63, 3.8) is 0 Å². The molecule has 0 saturated carbocycles. The van der Waals surface area contributed by atoms with Crippen LogP contribution in [0.5, 0.6) is 5.75 Å². The Morgan fingerprint density at radius 1 is 1.45 bits per heavy atom. The molecule has 0 aliphatic carbocycles. The molecule has 0 radical (unpaired) electrons. The Morgan fingerprint density at radius 3 is 2.65 bits per heavy atom. The van der Waals surface area contributed by atoms with Crippen LogP contribution in [-0.2, 0) is 9.59 Å². The van der Waals surface area contributed by atoms with Crippen LogP contribution in [0.2, 0.25) is 10.0 Å². The number of ether oxygens (including phenoxy) is 1. The lowest BCUT2D eigenvalue weighted by atomic mass is 10.1. The Hall–Kier alpha value is -1.72. The van der Waals surface area contributed by atoms with E-state index in [1.165, 1.54) is 18.2 Å². The molecular formula is C13H13Cl2NO4. The molecule has 0 aromatic heterocycles. The van der Waals surface area contributed by atoms with E-state index in [2.05, 4.69) is 0 Å². The first-order chi connectivity index (χ1) is 9.31. The largest absolute Gasteiger partial charge is 0.491 e. The molecule has 0 aliphatic rings. The van der Waals surface area contributed by atoms with Crippen molar-refractivity contribution in [3.05, 3.63) is 33.8 Å². The van der Waals surface area contributed by atoms with E-state index in [1.807, 2.05) is 0 Å². The second kappa shape index (κ2) is 7.17. The van der Waals surface area contributed by atoms with Crippen molar-refractivity contribution in [3.8, 4) is 5.75 Å². The number of aliphatic carboxylic acids is 1. The molecule has 1 amide bonds. The third-order valence-electron chi connectivity index (χ3n) is 2.41. The van der Waals surface area contributed by atoms with Crippen LogP contribution < -0.4 is 10.5 Å². The predicted molar refractivity (Wildman–Crippen MR) is 77.0 cm³/mol. The number of benzene rings is 1. The number of rotatable bonds is 6. The minimum absolute atomic E-state index is 0.0323. The molecule has 0 heterocycles. The van der Waals surface area contributed by atoms with Crippen LogP contribution in [-0.4, -0.2) is 23.6 Å². The first kappa shape index (κ1) is 16.3. The highest BCUT2D eigenvalue weighted by atomic mass is 35.5. The number of amides is 1. The van der Waals surface area contributed by atoms with Crippen LogP contribution in [0.3, 0.4) is 0 Å². The van der Waals surface area contributed by atoms with Gasteiger partial charge in [0.25, 0.3) is 0 Å². The molecule has 108 valence electrons. The van der Waals surface area contributed by atoms with Crippen molar-refractivity contribution < 1.29 is 19.4 Å². The van der Waals surface area contributed by atoms with E-state index in [4.69, 9.17) is 38.8 Å². The number of carbonyl (C=O) groups is 2. The molecule has 0 bridgehead atoms. The van der Waals surface area contributed by atoms with E-state index in [0.717, 1.165) is 6.08 Å². The van der Waals surface area contributed by atoms with Gasteiger partial charge in [0.1, 0.15) is 5.75 Å². The maximum Gasteiger partial charge on any atom is 0.328 e. The number of carbonyl (C=O) groups excluding carboxylic acids is 1. The number of carboxylic acids is 1. The molecule has 20 heavy (non-hydrogen) atoms. The summed E-state index contributed by atoms with van der Waals surface area (Å²) in [4.78, 5) is 21.5. The van der Waals surface area contributed by atoms with Gasteiger partial charge in [-0.05, 0) is 18.2 Å². The summed E-state index contributed by atoms with van der Waals surface area (Å²) in [7, 11) is 0. The highest BCUT2D eigenvalue weighted by Crippen LogP contribution is 2.33. The normalized spacial score (nSPS) is 12.3. The summed E-state index contributed by atoms with van der Waals surface area (Å²) >= 11 is 11.9. The van der Waals surface area contributed by atoms with Crippen molar-refractivity contribution in [2.45, 2.75) is 6.92 Å². The van der Waals surface area contributed by atoms with Gasteiger partial charge in [-0.3, -0.25) is 4.79 Å². The lowest BCUT2D eigenvalue weighted by Gasteiger charge is -2.14. The molecule has 0 spiro atoms. The van der Waals surface area contributed by atoms with Gasteiger partial charge in [-0.2, -0.15) is 0 Å². The van der Waals surface area contributed by atoms with E-state index >= 15 is 0 Å². The minimum Gasteiger partial charge on any atom is -0.491 e. The van der Waals surface area contributed by atoms with Gasteiger partial charge in [0.15, 0.2) is 0 Å². The van der Waals surface area contributed by atoms with Gasteiger partial charge in [0.2, 0.25) is 5.91 Å². The third kappa shape index (κ3) is 4.75. The second-order valence-corrected chi connectivity index (χ2v) is 4.94. The molecule has 1 rings (SSSR count). The zero-order valence-corrected chi connectivity index (χ0v) is 12.1. The molecule has 1 atom stereocenters. The molecule has 1 aromatic rings. The van der Waals surface area contributed by atoms with Gasteiger partial charge >= 0.3 is 5.97 Å². The third-order valence-corrected chi connectivity index (χ3v) is 2.90. The van der Waals surface area contributed by atoms with Crippen molar-refractivity contribution in [2.75, 3.05) is 6.61 Å². The number of hydrogen-bond donors (Lipinski definition) is 2. The zero-order valence-electron chi connectivity index (χ0n) is 10.6. The smallest absolute Gasteiger partial charge is 0.328 e. The quantitative estimate of drug-likeness (QED) is 0.789. The summed E-state index contributed by atoms with van der Waals surface area (Å²) in [6.45, 7) is 1.64. The molecule has 0 fully saturated rings. The Labute approximate surface area is 125 Å². The number of hydrogen-bond acceptors (Lipinski definition) is 3. The summed E-state index contributed by atoms with van der Waals surface area (Å²) in [5.74, 6) is -1.87. The number of carboxylic acid groups (broad SMARTS) is 1. The maximum atomic E-state index is 11.0. The van der Waals surface area contributed by atoms with Crippen LogP contribution in [0.15, 0.2) is 18.2 Å². The van der Waals surface area contributed by atoms with Crippen LogP contribution in [0, 0.1) is 5.92 Å². The monoisotopic (exact) mass is 317 g/mol. The Morgan fingerprint density at radius 2 is 2.10 bits per heavy atom. The van der Waals surface area contributed by atoms with Crippen LogP contribution in [0.4, 0.5) is 0 Å². The molecule has 5 nitrogen and oxygen atoms in total.